The second-order valence-electron chi connectivity index (χ2n) is 5.85. The number of fused-ring (bicyclic) bond motifs is 1. The van der Waals surface area contributed by atoms with E-state index in [-0.39, 0.29) is 12.3 Å². The summed E-state index contributed by atoms with van der Waals surface area (Å²) in [5.74, 6) is 0.324. The van der Waals surface area contributed by atoms with Gasteiger partial charge in [-0.2, -0.15) is 0 Å². The summed E-state index contributed by atoms with van der Waals surface area (Å²) in [5, 5.41) is 8.91. The van der Waals surface area contributed by atoms with E-state index < -0.39 is 16.1 Å². The molecule has 0 saturated heterocycles. The van der Waals surface area contributed by atoms with E-state index in [0.29, 0.717) is 30.1 Å². The number of benzene rings is 1. The van der Waals surface area contributed by atoms with Crippen LogP contribution in [0.1, 0.15) is 17.0 Å². The predicted molar refractivity (Wildman–Crippen MR) is 94.3 cm³/mol. The lowest BCUT2D eigenvalue weighted by Gasteiger charge is -2.19. The Balaban J connectivity index is 1.56. The van der Waals surface area contributed by atoms with Crippen LogP contribution >= 0.6 is 0 Å². The van der Waals surface area contributed by atoms with Gasteiger partial charge < -0.3 is 15.2 Å². The number of anilines is 2. The van der Waals surface area contributed by atoms with E-state index in [4.69, 9.17) is 4.52 Å². The summed E-state index contributed by atoms with van der Waals surface area (Å²) in [6, 6.07) is 6.96. The molecule has 1 aliphatic heterocycles. The molecule has 1 aromatic carbocycles. The lowest BCUT2D eigenvalue weighted by atomic mass is 10.2. The summed E-state index contributed by atoms with van der Waals surface area (Å²) in [4.78, 5) is 11.9. The Bertz CT molecular complexity index is 872. The van der Waals surface area contributed by atoms with Crippen LogP contribution in [-0.2, 0) is 16.4 Å². The number of sulfonamides is 1. The zero-order chi connectivity index (χ0) is 18.0. The van der Waals surface area contributed by atoms with Crippen LogP contribution in [0.25, 0.3) is 0 Å². The Morgan fingerprint density at radius 3 is 2.80 bits per heavy atom. The fraction of sp³-hybridized carbons (Fsp3) is 0.375. The van der Waals surface area contributed by atoms with Crippen LogP contribution in [0.4, 0.5) is 16.2 Å². The molecule has 0 radical (unpaired) electrons. The Hall–Kier alpha value is -2.55. The molecule has 25 heavy (non-hydrogen) atoms. The summed E-state index contributed by atoms with van der Waals surface area (Å²) >= 11 is 0. The van der Waals surface area contributed by atoms with E-state index in [0.717, 1.165) is 11.3 Å². The van der Waals surface area contributed by atoms with Crippen molar-refractivity contribution in [1.29, 1.82) is 0 Å². The van der Waals surface area contributed by atoms with Crippen molar-refractivity contribution in [2.75, 3.05) is 28.5 Å². The standard InChI is InChI=1S/C16H20N4O4S/c1-11-15(12(2)24-19-11)18-16(21)17-8-10-25(22,23)20-9-7-13-5-3-4-6-14(13)20/h3-6H,7-10H2,1-2H3,(H2,17,18,21). The summed E-state index contributed by atoms with van der Waals surface area (Å²) in [5.41, 5.74) is 2.81. The highest BCUT2D eigenvalue weighted by atomic mass is 32.2. The van der Waals surface area contributed by atoms with Gasteiger partial charge in [-0.05, 0) is 31.9 Å². The molecule has 0 atom stereocenters. The Kier molecular flexibility index (Phi) is 4.67. The highest BCUT2D eigenvalue weighted by molar-refractivity contribution is 7.92. The van der Waals surface area contributed by atoms with Crippen molar-refractivity contribution >= 4 is 27.4 Å². The highest BCUT2D eigenvalue weighted by Gasteiger charge is 2.28. The number of aryl methyl sites for hydroxylation is 2. The van der Waals surface area contributed by atoms with Gasteiger partial charge in [0.2, 0.25) is 10.0 Å². The molecular weight excluding hydrogens is 344 g/mol. The molecule has 0 bridgehead atoms. The average molecular weight is 364 g/mol. The Morgan fingerprint density at radius 2 is 2.08 bits per heavy atom. The lowest BCUT2D eigenvalue weighted by molar-refractivity contribution is 0.252. The maximum Gasteiger partial charge on any atom is 0.319 e. The first-order valence-corrected chi connectivity index (χ1v) is 9.55. The van der Waals surface area contributed by atoms with E-state index in [2.05, 4.69) is 15.8 Å². The molecule has 3 rings (SSSR count). The summed E-state index contributed by atoms with van der Waals surface area (Å²) in [6.07, 6.45) is 0.704. The van der Waals surface area contributed by atoms with Gasteiger partial charge in [0.15, 0.2) is 5.76 Å². The number of hydrogen-bond donors (Lipinski definition) is 2. The van der Waals surface area contributed by atoms with Gasteiger partial charge in [0, 0.05) is 13.1 Å². The maximum atomic E-state index is 12.5. The number of amides is 2. The summed E-state index contributed by atoms with van der Waals surface area (Å²) in [7, 11) is -3.49. The van der Waals surface area contributed by atoms with Crippen LogP contribution < -0.4 is 14.9 Å². The molecule has 1 aromatic heterocycles. The maximum absolute atomic E-state index is 12.5. The molecule has 8 nitrogen and oxygen atoms in total. The molecule has 9 heteroatoms. The third-order valence-corrected chi connectivity index (χ3v) is 5.87. The molecule has 2 heterocycles. The second kappa shape index (κ2) is 6.75. The number of aromatic nitrogens is 1. The van der Waals surface area contributed by atoms with Crippen LogP contribution in [0.3, 0.4) is 0 Å². The normalized spacial score (nSPS) is 13.6. The number of carbonyl (C=O) groups excluding carboxylic acids is 1. The van der Waals surface area contributed by atoms with Gasteiger partial charge in [-0.15, -0.1) is 0 Å². The monoisotopic (exact) mass is 364 g/mol. The van der Waals surface area contributed by atoms with Crippen molar-refractivity contribution < 1.29 is 17.7 Å². The fourth-order valence-electron chi connectivity index (χ4n) is 2.82. The van der Waals surface area contributed by atoms with Crippen LogP contribution in [0.15, 0.2) is 28.8 Å². The third-order valence-electron chi connectivity index (χ3n) is 4.10. The minimum absolute atomic E-state index is 0.0101. The number of urea groups is 1. The molecule has 134 valence electrons. The molecular formula is C16H20N4O4S. The van der Waals surface area contributed by atoms with Crippen LogP contribution in [0.5, 0.6) is 0 Å². The van der Waals surface area contributed by atoms with Crippen LogP contribution in [0.2, 0.25) is 0 Å². The van der Waals surface area contributed by atoms with E-state index in [1.807, 2.05) is 18.2 Å². The van der Waals surface area contributed by atoms with Crippen LogP contribution in [-0.4, -0.2) is 38.4 Å². The van der Waals surface area contributed by atoms with E-state index >= 15 is 0 Å². The topological polar surface area (TPSA) is 105 Å². The van der Waals surface area contributed by atoms with Crippen molar-refractivity contribution in [1.82, 2.24) is 10.5 Å². The molecule has 0 fully saturated rings. The quantitative estimate of drug-likeness (QED) is 0.842. The van der Waals surface area contributed by atoms with Crippen molar-refractivity contribution in [3.05, 3.63) is 41.3 Å². The molecule has 2 N–H and O–H groups in total. The first kappa shape index (κ1) is 17.3. The number of carbonyl (C=O) groups is 1. The lowest BCUT2D eigenvalue weighted by Crippen LogP contribution is -2.38. The molecule has 0 saturated carbocycles. The zero-order valence-electron chi connectivity index (χ0n) is 14.1. The largest absolute Gasteiger partial charge is 0.359 e. The van der Waals surface area contributed by atoms with Crippen molar-refractivity contribution in [2.24, 2.45) is 0 Å². The zero-order valence-corrected chi connectivity index (χ0v) is 14.9. The van der Waals surface area contributed by atoms with E-state index in [9.17, 15) is 13.2 Å². The summed E-state index contributed by atoms with van der Waals surface area (Å²) in [6.45, 7) is 3.84. The molecule has 2 amide bonds. The number of hydrogen-bond acceptors (Lipinski definition) is 5. The molecule has 0 spiro atoms. The third kappa shape index (κ3) is 3.60. The number of nitrogens with zero attached hydrogens (tertiary/aromatic N) is 2. The number of para-hydroxylation sites is 1. The van der Waals surface area contributed by atoms with E-state index in [1.54, 1.807) is 19.9 Å². The van der Waals surface area contributed by atoms with Crippen molar-refractivity contribution in [3.63, 3.8) is 0 Å². The van der Waals surface area contributed by atoms with Gasteiger partial charge in [-0.1, -0.05) is 23.4 Å². The van der Waals surface area contributed by atoms with Gasteiger partial charge in [-0.3, -0.25) is 4.31 Å². The van der Waals surface area contributed by atoms with Crippen LogP contribution in [0, 0.1) is 13.8 Å². The fourth-order valence-corrected chi connectivity index (χ4v) is 4.25. The van der Waals surface area contributed by atoms with Gasteiger partial charge in [0.1, 0.15) is 11.4 Å². The smallest absolute Gasteiger partial charge is 0.319 e. The minimum Gasteiger partial charge on any atom is -0.359 e. The first-order valence-electron chi connectivity index (χ1n) is 7.94. The van der Waals surface area contributed by atoms with Crippen molar-refractivity contribution in [2.45, 2.75) is 20.3 Å². The number of rotatable bonds is 5. The van der Waals surface area contributed by atoms with Gasteiger partial charge >= 0.3 is 6.03 Å². The van der Waals surface area contributed by atoms with Gasteiger partial charge in [0.25, 0.3) is 0 Å². The van der Waals surface area contributed by atoms with E-state index in [1.165, 1.54) is 4.31 Å². The SMILES string of the molecule is Cc1noc(C)c1NC(=O)NCCS(=O)(=O)N1CCc2ccccc21. The highest BCUT2D eigenvalue weighted by Crippen LogP contribution is 2.29. The van der Waals surface area contributed by atoms with Gasteiger partial charge in [-0.25, -0.2) is 13.2 Å². The molecule has 0 aliphatic carbocycles. The predicted octanol–water partition coefficient (Wildman–Crippen LogP) is 1.81. The summed E-state index contributed by atoms with van der Waals surface area (Å²) < 4.78 is 31.4. The minimum atomic E-state index is -3.49. The molecule has 1 aliphatic rings. The first-order chi connectivity index (χ1) is 11.9. The van der Waals surface area contributed by atoms with Gasteiger partial charge in [0.05, 0.1) is 11.4 Å². The Morgan fingerprint density at radius 1 is 1.32 bits per heavy atom. The number of nitrogens with one attached hydrogen (secondary N) is 2. The molecule has 2 aromatic rings. The second-order valence-corrected chi connectivity index (χ2v) is 7.86. The Labute approximate surface area is 146 Å². The van der Waals surface area contributed by atoms with Crippen molar-refractivity contribution in [3.8, 4) is 0 Å². The molecule has 0 unspecified atom stereocenters. The average Bonchev–Trinajstić information content (AvgIpc) is 3.14.